The molecule has 0 amide bonds. The van der Waals surface area contributed by atoms with Gasteiger partial charge < -0.3 is 4.74 Å². The number of rotatable bonds is 2. The van der Waals surface area contributed by atoms with Gasteiger partial charge in [-0.05, 0) is 13.8 Å². The van der Waals surface area contributed by atoms with E-state index in [2.05, 4.69) is 21.8 Å². The minimum absolute atomic E-state index is 0.148. The van der Waals surface area contributed by atoms with Crippen molar-refractivity contribution in [3.05, 3.63) is 30.7 Å². The quantitative estimate of drug-likeness (QED) is 0.746. The first-order chi connectivity index (χ1) is 7.72. The van der Waals surface area contributed by atoms with Crippen LogP contribution in [0.2, 0.25) is 0 Å². The van der Waals surface area contributed by atoms with Crippen LogP contribution in [-0.4, -0.2) is 40.2 Å². The van der Waals surface area contributed by atoms with Crippen LogP contribution in [0.25, 0.3) is 0 Å². The molecule has 2 bridgehead atoms. The molecule has 1 radical (unpaired) electrons. The summed E-state index contributed by atoms with van der Waals surface area (Å²) < 4.78 is 5.61. The molecule has 16 heavy (non-hydrogen) atoms. The normalized spacial score (nSPS) is 30.9. The van der Waals surface area contributed by atoms with Crippen LogP contribution in [0.4, 0.5) is 0 Å². The summed E-state index contributed by atoms with van der Waals surface area (Å²) in [6, 6.07) is 0.148. The Morgan fingerprint density at radius 1 is 1.38 bits per heavy atom. The fourth-order valence-corrected chi connectivity index (χ4v) is 2.43. The fraction of sp³-hybridized carbons (Fsp3) is 0.583. The summed E-state index contributed by atoms with van der Waals surface area (Å²) in [5, 5.41) is 0. The summed E-state index contributed by atoms with van der Waals surface area (Å²) in [5.41, 5.74) is 1.09. The predicted molar refractivity (Wildman–Crippen MR) is 59.7 cm³/mol. The lowest BCUT2D eigenvalue weighted by molar-refractivity contribution is -0.185. The van der Waals surface area contributed by atoms with E-state index in [9.17, 15) is 0 Å². The van der Waals surface area contributed by atoms with Gasteiger partial charge in [0.05, 0.1) is 12.2 Å². The molecule has 3 unspecified atom stereocenters. The van der Waals surface area contributed by atoms with E-state index in [-0.39, 0.29) is 6.04 Å². The molecule has 4 nitrogen and oxygen atoms in total. The molecule has 0 aliphatic carbocycles. The molecule has 0 saturated carbocycles. The highest BCUT2D eigenvalue weighted by atomic mass is 16.5. The third kappa shape index (κ3) is 1.72. The van der Waals surface area contributed by atoms with Crippen molar-refractivity contribution in [3.8, 4) is 0 Å². The second-order valence-corrected chi connectivity index (χ2v) is 4.65. The Morgan fingerprint density at radius 3 is 2.50 bits per heavy atom. The lowest BCUT2D eigenvalue weighted by Gasteiger charge is -2.49. The maximum Gasteiger partial charge on any atom is 0.125 e. The Hall–Kier alpha value is -1.00. The molecular weight excluding hydrogens is 202 g/mol. The molecule has 3 aliphatic heterocycles. The Balaban J connectivity index is 1.72. The molecule has 0 N–H and O–H groups in total. The number of morpholine rings is 1. The zero-order valence-corrected chi connectivity index (χ0v) is 9.47. The van der Waals surface area contributed by atoms with Crippen LogP contribution in [-0.2, 0) is 4.74 Å². The largest absolute Gasteiger partial charge is 0.372 e. The molecule has 3 aliphatic rings. The van der Waals surface area contributed by atoms with E-state index in [1.807, 2.05) is 19.3 Å². The fourth-order valence-electron chi connectivity index (χ4n) is 2.43. The highest BCUT2D eigenvalue weighted by molar-refractivity contribution is 5.13. The van der Waals surface area contributed by atoms with Crippen molar-refractivity contribution in [2.75, 3.05) is 13.1 Å². The van der Waals surface area contributed by atoms with Crippen LogP contribution in [0.3, 0.4) is 0 Å². The standard InChI is InChI=1S/C12H16N3O/c1-8(10-4-13-9(2)14-5-10)15-6-11-3-12(7-15)16-11/h4-5,8,11-12H,1,3,6-7H2,2H3. The van der Waals surface area contributed by atoms with E-state index in [0.29, 0.717) is 12.2 Å². The van der Waals surface area contributed by atoms with Gasteiger partial charge in [0.15, 0.2) is 0 Å². The Kier molecular flexibility index (Phi) is 2.41. The van der Waals surface area contributed by atoms with E-state index >= 15 is 0 Å². The average molecular weight is 218 g/mol. The summed E-state index contributed by atoms with van der Waals surface area (Å²) in [7, 11) is 0. The number of fused-ring (bicyclic) bond motifs is 2. The van der Waals surface area contributed by atoms with Crippen LogP contribution in [0.5, 0.6) is 0 Å². The molecule has 0 spiro atoms. The second-order valence-electron chi connectivity index (χ2n) is 4.65. The smallest absolute Gasteiger partial charge is 0.125 e. The lowest BCUT2D eigenvalue weighted by atomic mass is 9.96. The summed E-state index contributed by atoms with van der Waals surface area (Å²) in [6.07, 6.45) is 5.82. The predicted octanol–water partition coefficient (Wildman–Crippen LogP) is 1.13. The number of hydrogen-bond acceptors (Lipinski definition) is 4. The second kappa shape index (κ2) is 3.79. The van der Waals surface area contributed by atoms with E-state index in [1.165, 1.54) is 6.42 Å². The van der Waals surface area contributed by atoms with Crippen LogP contribution in [0, 0.1) is 13.8 Å². The molecule has 1 aromatic heterocycles. The first-order valence-electron chi connectivity index (χ1n) is 5.73. The van der Waals surface area contributed by atoms with Gasteiger partial charge in [0, 0.05) is 43.5 Å². The van der Waals surface area contributed by atoms with Crippen molar-refractivity contribution >= 4 is 0 Å². The van der Waals surface area contributed by atoms with Gasteiger partial charge >= 0.3 is 0 Å². The molecule has 3 saturated heterocycles. The first-order valence-corrected chi connectivity index (χ1v) is 5.73. The van der Waals surface area contributed by atoms with E-state index in [0.717, 1.165) is 24.5 Å². The third-order valence-corrected chi connectivity index (χ3v) is 3.41. The molecule has 3 fully saturated rings. The Labute approximate surface area is 95.7 Å². The molecule has 1 aromatic rings. The van der Waals surface area contributed by atoms with E-state index < -0.39 is 0 Å². The summed E-state index contributed by atoms with van der Waals surface area (Å²) in [5.74, 6) is 0.806. The van der Waals surface area contributed by atoms with Crippen molar-refractivity contribution < 1.29 is 4.74 Å². The van der Waals surface area contributed by atoms with Crippen LogP contribution in [0.1, 0.15) is 23.9 Å². The maximum absolute atomic E-state index is 5.61. The van der Waals surface area contributed by atoms with Crippen LogP contribution in [0.15, 0.2) is 12.4 Å². The Morgan fingerprint density at radius 2 is 1.94 bits per heavy atom. The monoisotopic (exact) mass is 218 g/mol. The van der Waals surface area contributed by atoms with Gasteiger partial charge in [0.2, 0.25) is 0 Å². The minimum Gasteiger partial charge on any atom is -0.372 e. The van der Waals surface area contributed by atoms with Gasteiger partial charge in [-0.2, -0.15) is 0 Å². The SMILES string of the molecule is [CH2]C(c1cnc(C)nc1)N1CC2CC(C1)O2. The first kappa shape index (κ1) is 10.2. The number of nitrogens with zero attached hydrogens (tertiary/aromatic N) is 3. The number of ether oxygens (including phenoxy) is 1. The zero-order chi connectivity index (χ0) is 11.1. The van der Waals surface area contributed by atoms with Crippen molar-refractivity contribution in [2.24, 2.45) is 0 Å². The maximum atomic E-state index is 5.61. The third-order valence-electron chi connectivity index (χ3n) is 3.41. The van der Waals surface area contributed by atoms with Gasteiger partial charge in [0.25, 0.3) is 0 Å². The lowest BCUT2D eigenvalue weighted by Crippen LogP contribution is -2.57. The highest BCUT2D eigenvalue weighted by Crippen LogP contribution is 2.32. The summed E-state index contributed by atoms with van der Waals surface area (Å²) >= 11 is 0. The van der Waals surface area contributed by atoms with E-state index in [1.54, 1.807) is 0 Å². The number of piperidine rings is 1. The molecule has 4 heteroatoms. The van der Waals surface area contributed by atoms with Gasteiger partial charge in [-0.1, -0.05) is 0 Å². The molecular formula is C12H16N3O. The van der Waals surface area contributed by atoms with Gasteiger partial charge in [-0.3, -0.25) is 4.90 Å². The Bertz CT molecular complexity index is 362. The van der Waals surface area contributed by atoms with Crippen molar-refractivity contribution in [2.45, 2.75) is 31.6 Å². The van der Waals surface area contributed by atoms with Gasteiger partial charge in [-0.15, -0.1) is 0 Å². The van der Waals surface area contributed by atoms with Crippen LogP contribution >= 0.6 is 0 Å². The summed E-state index contributed by atoms with van der Waals surface area (Å²) in [4.78, 5) is 10.8. The summed E-state index contributed by atoms with van der Waals surface area (Å²) in [6.45, 7) is 8.07. The molecule has 0 aromatic carbocycles. The average Bonchev–Trinajstić information content (AvgIpc) is 2.28. The number of hydrogen-bond donors (Lipinski definition) is 0. The molecule has 3 atom stereocenters. The van der Waals surface area contributed by atoms with Gasteiger partial charge in [0.1, 0.15) is 5.82 Å². The van der Waals surface area contributed by atoms with Crippen molar-refractivity contribution in [1.29, 1.82) is 0 Å². The topological polar surface area (TPSA) is 38.2 Å². The van der Waals surface area contributed by atoms with Gasteiger partial charge in [-0.25, -0.2) is 9.97 Å². The molecule has 85 valence electrons. The zero-order valence-electron chi connectivity index (χ0n) is 9.47. The van der Waals surface area contributed by atoms with Crippen LogP contribution < -0.4 is 0 Å². The minimum atomic E-state index is 0.148. The molecule has 4 heterocycles. The number of aryl methyl sites for hydroxylation is 1. The highest BCUT2D eigenvalue weighted by Gasteiger charge is 2.39. The van der Waals surface area contributed by atoms with Crippen molar-refractivity contribution in [1.82, 2.24) is 14.9 Å². The van der Waals surface area contributed by atoms with Crippen molar-refractivity contribution in [3.63, 3.8) is 0 Å². The number of aromatic nitrogens is 2. The van der Waals surface area contributed by atoms with E-state index in [4.69, 9.17) is 4.74 Å². The molecule has 4 rings (SSSR count).